The molecule has 3 nitrogen and oxygen atoms in total. The van der Waals surface area contributed by atoms with Gasteiger partial charge in [-0.25, -0.2) is 4.79 Å². The smallest absolute Gasteiger partial charge is 0.407 e. The molecule has 0 aromatic carbocycles. The van der Waals surface area contributed by atoms with E-state index in [-0.39, 0.29) is 6.09 Å². The van der Waals surface area contributed by atoms with Crippen molar-refractivity contribution < 1.29 is 9.53 Å². The van der Waals surface area contributed by atoms with E-state index < -0.39 is 0 Å². The molecule has 0 aliphatic heterocycles. The van der Waals surface area contributed by atoms with Crippen molar-refractivity contribution in [3.8, 4) is 0 Å². The van der Waals surface area contributed by atoms with Crippen LogP contribution in [0.2, 0.25) is 0 Å². The fraction of sp³-hybridized carbons (Fsp3) is 0.900. The van der Waals surface area contributed by atoms with Crippen LogP contribution in [0.1, 0.15) is 40.0 Å². The van der Waals surface area contributed by atoms with Gasteiger partial charge >= 0.3 is 6.09 Å². The second-order valence-electron chi connectivity index (χ2n) is 3.16. The first kappa shape index (κ1) is 12.3. The van der Waals surface area contributed by atoms with Crippen molar-refractivity contribution in [1.29, 1.82) is 0 Å². The standard InChI is InChI=1S/C10H21NO2/c1-4-7-9(5-2)8-11-10(12)13-6-3/h9H,4-8H2,1-3H3,(H,11,12)/t9-/m0/s1. The molecular formula is C10H21NO2. The van der Waals surface area contributed by atoms with Crippen LogP contribution in [0.15, 0.2) is 0 Å². The highest BCUT2D eigenvalue weighted by Crippen LogP contribution is 2.08. The van der Waals surface area contributed by atoms with E-state index in [1.165, 1.54) is 12.8 Å². The summed E-state index contributed by atoms with van der Waals surface area (Å²) in [7, 11) is 0. The molecular weight excluding hydrogens is 166 g/mol. The maximum Gasteiger partial charge on any atom is 0.407 e. The minimum Gasteiger partial charge on any atom is -0.450 e. The molecule has 0 aliphatic rings. The Kier molecular flexibility index (Phi) is 7.45. The number of hydrogen-bond acceptors (Lipinski definition) is 2. The van der Waals surface area contributed by atoms with E-state index in [4.69, 9.17) is 4.74 Å². The van der Waals surface area contributed by atoms with E-state index in [0.29, 0.717) is 12.5 Å². The van der Waals surface area contributed by atoms with Gasteiger partial charge in [0.2, 0.25) is 0 Å². The van der Waals surface area contributed by atoms with Crippen LogP contribution < -0.4 is 5.32 Å². The number of rotatable bonds is 6. The predicted octanol–water partition coefficient (Wildman–Crippen LogP) is 2.56. The first-order valence-electron chi connectivity index (χ1n) is 5.15. The van der Waals surface area contributed by atoms with E-state index in [0.717, 1.165) is 13.0 Å². The summed E-state index contributed by atoms with van der Waals surface area (Å²) < 4.78 is 4.76. The average Bonchev–Trinajstić information content (AvgIpc) is 2.12. The van der Waals surface area contributed by atoms with Gasteiger partial charge in [-0.05, 0) is 19.3 Å². The van der Waals surface area contributed by atoms with Crippen LogP contribution in [-0.4, -0.2) is 19.2 Å². The average molecular weight is 187 g/mol. The molecule has 0 aromatic rings. The topological polar surface area (TPSA) is 38.3 Å². The Morgan fingerprint density at radius 1 is 1.38 bits per heavy atom. The lowest BCUT2D eigenvalue weighted by Gasteiger charge is -2.14. The molecule has 1 N–H and O–H groups in total. The summed E-state index contributed by atoms with van der Waals surface area (Å²) >= 11 is 0. The van der Waals surface area contributed by atoms with Crippen LogP contribution in [0.5, 0.6) is 0 Å². The molecule has 0 saturated carbocycles. The summed E-state index contributed by atoms with van der Waals surface area (Å²) in [6, 6.07) is 0. The summed E-state index contributed by atoms with van der Waals surface area (Å²) in [5.41, 5.74) is 0. The lowest BCUT2D eigenvalue weighted by Crippen LogP contribution is -2.29. The monoisotopic (exact) mass is 187 g/mol. The second kappa shape index (κ2) is 7.90. The van der Waals surface area contributed by atoms with E-state index in [9.17, 15) is 4.79 Å². The van der Waals surface area contributed by atoms with Crippen LogP contribution in [0.3, 0.4) is 0 Å². The molecule has 78 valence electrons. The molecule has 13 heavy (non-hydrogen) atoms. The maximum absolute atomic E-state index is 10.9. The van der Waals surface area contributed by atoms with E-state index >= 15 is 0 Å². The number of amides is 1. The molecule has 0 heterocycles. The van der Waals surface area contributed by atoms with Gasteiger partial charge in [-0.15, -0.1) is 0 Å². The van der Waals surface area contributed by atoms with E-state index in [1.807, 2.05) is 6.92 Å². The van der Waals surface area contributed by atoms with Crippen LogP contribution >= 0.6 is 0 Å². The van der Waals surface area contributed by atoms with Crippen molar-refractivity contribution in [2.75, 3.05) is 13.2 Å². The summed E-state index contributed by atoms with van der Waals surface area (Å²) in [6.07, 6.45) is 3.16. The third-order valence-electron chi connectivity index (χ3n) is 2.08. The normalized spacial score (nSPS) is 12.2. The lowest BCUT2D eigenvalue weighted by atomic mass is 10.0. The van der Waals surface area contributed by atoms with Crippen LogP contribution in [0.4, 0.5) is 4.79 Å². The molecule has 0 spiro atoms. The van der Waals surface area contributed by atoms with Gasteiger partial charge < -0.3 is 10.1 Å². The van der Waals surface area contributed by atoms with Gasteiger partial charge in [-0.2, -0.15) is 0 Å². The number of nitrogens with one attached hydrogen (secondary N) is 1. The van der Waals surface area contributed by atoms with Crippen LogP contribution in [0.25, 0.3) is 0 Å². The van der Waals surface area contributed by atoms with Gasteiger partial charge in [0.1, 0.15) is 0 Å². The fourth-order valence-corrected chi connectivity index (χ4v) is 1.27. The zero-order valence-corrected chi connectivity index (χ0v) is 8.93. The molecule has 0 bridgehead atoms. The molecule has 0 saturated heterocycles. The minimum atomic E-state index is -0.294. The molecule has 0 aliphatic carbocycles. The summed E-state index contributed by atoms with van der Waals surface area (Å²) in [4.78, 5) is 10.9. The quantitative estimate of drug-likeness (QED) is 0.694. The highest BCUT2D eigenvalue weighted by molar-refractivity contribution is 5.66. The van der Waals surface area contributed by atoms with Gasteiger partial charge in [0, 0.05) is 6.54 Å². The zero-order valence-electron chi connectivity index (χ0n) is 8.93. The molecule has 0 unspecified atom stereocenters. The SMILES string of the molecule is CCC[C@H](CC)CNC(=O)OCC. The maximum atomic E-state index is 10.9. The third-order valence-corrected chi connectivity index (χ3v) is 2.08. The first-order valence-corrected chi connectivity index (χ1v) is 5.15. The van der Waals surface area contributed by atoms with Gasteiger partial charge in [-0.3, -0.25) is 0 Å². The number of carbonyl (C=O) groups is 1. The Morgan fingerprint density at radius 2 is 2.08 bits per heavy atom. The Hall–Kier alpha value is -0.730. The lowest BCUT2D eigenvalue weighted by molar-refractivity contribution is 0.150. The Morgan fingerprint density at radius 3 is 2.54 bits per heavy atom. The van der Waals surface area contributed by atoms with Crippen molar-refractivity contribution in [3.63, 3.8) is 0 Å². The molecule has 0 radical (unpaired) electrons. The number of hydrogen-bond donors (Lipinski definition) is 1. The van der Waals surface area contributed by atoms with Gasteiger partial charge in [0.15, 0.2) is 0 Å². The highest BCUT2D eigenvalue weighted by atomic mass is 16.5. The number of carbonyl (C=O) groups excluding carboxylic acids is 1. The van der Waals surface area contributed by atoms with E-state index in [1.54, 1.807) is 0 Å². The summed E-state index contributed by atoms with van der Waals surface area (Å²) in [5.74, 6) is 0.592. The first-order chi connectivity index (χ1) is 6.24. The Labute approximate surface area is 80.8 Å². The van der Waals surface area contributed by atoms with Gasteiger partial charge in [0.05, 0.1) is 6.61 Å². The van der Waals surface area contributed by atoms with Crippen molar-refractivity contribution in [2.45, 2.75) is 40.0 Å². The predicted molar refractivity (Wildman–Crippen MR) is 53.7 cm³/mol. The van der Waals surface area contributed by atoms with Gasteiger partial charge in [-0.1, -0.05) is 26.7 Å². The molecule has 0 aromatic heterocycles. The van der Waals surface area contributed by atoms with Crippen molar-refractivity contribution in [1.82, 2.24) is 5.32 Å². The van der Waals surface area contributed by atoms with E-state index in [2.05, 4.69) is 19.2 Å². The molecule has 0 fully saturated rings. The minimum absolute atomic E-state index is 0.294. The summed E-state index contributed by atoms with van der Waals surface area (Å²) in [6.45, 7) is 7.29. The molecule has 1 atom stereocenters. The highest BCUT2D eigenvalue weighted by Gasteiger charge is 2.07. The van der Waals surface area contributed by atoms with Crippen molar-refractivity contribution in [2.24, 2.45) is 5.92 Å². The Balaban J connectivity index is 3.52. The summed E-state index contributed by atoms with van der Waals surface area (Å²) in [5, 5.41) is 2.76. The molecule has 1 amide bonds. The zero-order chi connectivity index (χ0) is 10.1. The van der Waals surface area contributed by atoms with Crippen molar-refractivity contribution in [3.05, 3.63) is 0 Å². The van der Waals surface area contributed by atoms with Crippen molar-refractivity contribution >= 4 is 6.09 Å². The van der Waals surface area contributed by atoms with Crippen LogP contribution in [0, 0.1) is 5.92 Å². The van der Waals surface area contributed by atoms with Crippen LogP contribution in [-0.2, 0) is 4.74 Å². The largest absolute Gasteiger partial charge is 0.450 e. The Bertz CT molecular complexity index is 137. The molecule has 0 rings (SSSR count). The second-order valence-corrected chi connectivity index (χ2v) is 3.16. The number of ether oxygens (including phenoxy) is 1. The fourth-order valence-electron chi connectivity index (χ4n) is 1.27. The number of alkyl carbamates (subject to hydrolysis) is 1. The molecule has 3 heteroatoms. The van der Waals surface area contributed by atoms with Gasteiger partial charge in [0.25, 0.3) is 0 Å². The third kappa shape index (κ3) is 6.43.